The van der Waals surface area contributed by atoms with Crippen LogP contribution >= 0.6 is 0 Å². The summed E-state index contributed by atoms with van der Waals surface area (Å²) in [5, 5.41) is 0. The first-order valence-corrected chi connectivity index (χ1v) is 10.5. The first kappa shape index (κ1) is 19.9. The first-order chi connectivity index (χ1) is 14.0. The summed E-state index contributed by atoms with van der Waals surface area (Å²) in [7, 11) is 0. The van der Waals surface area contributed by atoms with Gasteiger partial charge in [-0.05, 0) is 63.5 Å². The van der Waals surface area contributed by atoms with E-state index < -0.39 is 0 Å². The molecule has 2 saturated heterocycles. The van der Waals surface area contributed by atoms with Crippen LogP contribution in [-0.2, 0) is 14.3 Å². The van der Waals surface area contributed by atoms with Crippen molar-refractivity contribution < 1.29 is 14.3 Å². The minimum atomic E-state index is -0.0741. The number of carbonyl (C=O) groups is 1. The molecule has 1 amide bonds. The molecule has 29 heavy (non-hydrogen) atoms. The molecule has 0 bridgehead atoms. The molecule has 1 aromatic heterocycles. The molecule has 5 nitrogen and oxygen atoms in total. The van der Waals surface area contributed by atoms with Gasteiger partial charge in [-0.3, -0.25) is 4.79 Å². The van der Waals surface area contributed by atoms with Crippen LogP contribution in [0.15, 0.2) is 36.4 Å². The minimum absolute atomic E-state index is 0.0741. The third-order valence-electron chi connectivity index (χ3n) is 6.05. The highest BCUT2D eigenvalue weighted by Crippen LogP contribution is 2.26. The van der Waals surface area contributed by atoms with Crippen LogP contribution in [0, 0.1) is 26.7 Å². The van der Waals surface area contributed by atoms with E-state index in [1.807, 2.05) is 11.0 Å². The fourth-order valence-corrected chi connectivity index (χ4v) is 4.35. The molecule has 0 unspecified atom stereocenters. The topological polar surface area (TPSA) is 43.7 Å². The maximum absolute atomic E-state index is 12.7. The van der Waals surface area contributed by atoms with Crippen molar-refractivity contribution in [2.45, 2.75) is 39.9 Å². The van der Waals surface area contributed by atoms with Crippen LogP contribution < -0.4 is 0 Å². The van der Waals surface area contributed by atoms with Gasteiger partial charge in [0.05, 0.1) is 13.2 Å². The number of hydrogen-bond donors (Lipinski definition) is 0. The highest BCUT2D eigenvalue weighted by Gasteiger charge is 2.31. The molecule has 0 radical (unpaired) electrons. The molecule has 2 aromatic rings. The van der Waals surface area contributed by atoms with E-state index in [2.05, 4.69) is 55.7 Å². The van der Waals surface area contributed by atoms with E-state index >= 15 is 0 Å². The van der Waals surface area contributed by atoms with Crippen LogP contribution in [0.25, 0.3) is 11.8 Å². The number of rotatable bonds is 4. The highest BCUT2D eigenvalue weighted by molar-refractivity contribution is 5.92. The second kappa shape index (κ2) is 8.56. The molecule has 0 atom stereocenters. The summed E-state index contributed by atoms with van der Waals surface area (Å²) in [5.41, 5.74) is 5.78. The number of benzene rings is 1. The van der Waals surface area contributed by atoms with E-state index in [1.54, 1.807) is 6.08 Å². The summed E-state index contributed by atoms with van der Waals surface area (Å²) in [6.45, 7) is 9.20. The van der Waals surface area contributed by atoms with Gasteiger partial charge in [-0.2, -0.15) is 0 Å². The molecule has 4 rings (SSSR count). The Hall–Kier alpha value is -2.37. The molecule has 2 aliphatic rings. The van der Waals surface area contributed by atoms with Gasteiger partial charge in [0.15, 0.2) is 6.29 Å². The SMILES string of the molecule is Cc1ccc(-n2c(C)cc(/C=C/C(=O)N3CCC(C4OCCO4)CC3)c2C)cc1. The first-order valence-electron chi connectivity index (χ1n) is 10.5. The number of carbonyl (C=O) groups excluding carboxylic acids is 1. The summed E-state index contributed by atoms with van der Waals surface area (Å²) >= 11 is 0. The van der Waals surface area contributed by atoms with E-state index in [1.165, 1.54) is 5.56 Å². The second-order valence-corrected chi connectivity index (χ2v) is 8.10. The molecule has 1 aromatic carbocycles. The Balaban J connectivity index is 1.41. The number of nitrogens with zero attached hydrogens (tertiary/aromatic N) is 2. The van der Waals surface area contributed by atoms with Crippen LogP contribution in [0.5, 0.6) is 0 Å². The average Bonchev–Trinajstić information content (AvgIpc) is 3.36. The van der Waals surface area contributed by atoms with E-state index in [0.717, 1.165) is 48.6 Å². The molecule has 0 spiro atoms. The Bertz CT molecular complexity index is 884. The van der Waals surface area contributed by atoms with Crippen molar-refractivity contribution in [3.63, 3.8) is 0 Å². The number of piperidine rings is 1. The molecule has 2 fully saturated rings. The number of aromatic nitrogens is 1. The van der Waals surface area contributed by atoms with Crippen molar-refractivity contribution in [3.05, 3.63) is 58.9 Å². The maximum atomic E-state index is 12.7. The molecular formula is C24H30N2O3. The lowest BCUT2D eigenvalue weighted by molar-refractivity contribution is -0.131. The van der Waals surface area contributed by atoms with Crippen LogP contribution in [0.3, 0.4) is 0 Å². The lowest BCUT2D eigenvalue weighted by atomic mass is 9.96. The van der Waals surface area contributed by atoms with Gasteiger partial charge in [0.25, 0.3) is 0 Å². The molecule has 3 heterocycles. The summed E-state index contributed by atoms with van der Waals surface area (Å²) in [5.74, 6) is 0.482. The van der Waals surface area contributed by atoms with E-state index in [0.29, 0.717) is 19.1 Å². The smallest absolute Gasteiger partial charge is 0.246 e. The van der Waals surface area contributed by atoms with E-state index in [4.69, 9.17) is 9.47 Å². The summed E-state index contributed by atoms with van der Waals surface area (Å²) in [6, 6.07) is 10.7. The summed E-state index contributed by atoms with van der Waals surface area (Å²) in [4.78, 5) is 14.6. The highest BCUT2D eigenvalue weighted by atomic mass is 16.7. The molecule has 2 aliphatic heterocycles. The van der Waals surface area contributed by atoms with Gasteiger partial charge in [0.2, 0.25) is 5.91 Å². The average molecular weight is 395 g/mol. The fraction of sp³-hybridized carbons (Fsp3) is 0.458. The summed E-state index contributed by atoms with van der Waals surface area (Å²) in [6.07, 6.45) is 5.46. The van der Waals surface area contributed by atoms with Crippen molar-refractivity contribution >= 4 is 12.0 Å². The molecule has 0 aliphatic carbocycles. The van der Waals surface area contributed by atoms with Crippen molar-refractivity contribution in [3.8, 4) is 5.69 Å². The zero-order valence-corrected chi connectivity index (χ0v) is 17.6. The molecule has 154 valence electrons. The van der Waals surface area contributed by atoms with Crippen molar-refractivity contribution in [2.24, 2.45) is 5.92 Å². The van der Waals surface area contributed by atoms with Gasteiger partial charge in [-0.25, -0.2) is 0 Å². The normalized spacial score (nSPS) is 18.8. The number of hydrogen-bond acceptors (Lipinski definition) is 3. The molecule has 0 saturated carbocycles. The number of ether oxygens (including phenoxy) is 2. The van der Waals surface area contributed by atoms with E-state index in [-0.39, 0.29) is 12.2 Å². The van der Waals surface area contributed by atoms with Crippen LogP contribution in [0.1, 0.15) is 35.4 Å². The fourth-order valence-electron chi connectivity index (χ4n) is 4.35. The number of amides is 1. The van der Waals surface area contributed by atoms with Crippen molar-refractivity contribution in [2.75, 3.05) is 26.3 Å². The lowest BCUT2D eigenvalue weighted by Crippen LogP contribution is -2.40. The predicted molar refractivity (Wildman–Crippen MR) is 114 cm³/mol. The monoisotopic (exact) mass is 394 g/mol. The molecular weight excluding hydrogens is 364 g/mol. The molecule has 5 heteroatoms. The third kappa shape index (κ3) is 4.31. The maximum Gasteiger partial charge on any atom is 0.246 e. The largest absolute Gasteiger partial charge is 0.350 e. The standard InChI is InChI=1S/C24H30N2O3/c1-17-4-7-22(8-5-17)26-18(2)16-21(19(26)3)6-9-23(27)25-12-10-20(11-13-25)24-28-14-15-29-24/h4-9,16,20,24H,10-15H2,1-3H3/b9-6+. The Kier molecular flexibility index (Phi) is 5.88. The Morgan fingerprint density at radius 3 is 2.34 bits per heavy atom. The van der Waals surface area contributed by atoms with Crippen molar-refractivity contribution in [1.29, 1.82) is 0 Å². The zero-order valence-electron chi connectivity index (χ0n) is 17.6. The van der Waals surface area contributed by atoms with Gasteiger partial charge < -0.3 is 18.9 Å². The number of likely N-dealkylation sites (tertiary alicyclic amines) is 1. The van der Waals surface area contributed by atoms with Gasteiger partial charge in [0.1, 0.15) is 0 Å². The molecule has 0 N–H and O–H groups in total. The van der Waals surface area contributed by atoms with Gasteiger partial charge in [-0.15, -0.1) is 0 Å². The number of aryl methyl sites for hydroxylation is 2. The third-order valence-corrected chi connectivity index (χ3v) is 6.05. The predicted octanol–water partition coefficient (Wildman–Crippen LogP) is 4.03. The second-order valence-electron chi connectivity index (χ2n) is 8.10. The van der Waals surface area contributed by atoms with Gasteiger partial charge in [-0.1, -0.05) is 17.7 Å². The lowest BCUT2D eigenvalue weighted by Gasteiger charge is -2.33. The van der Waals surface area contributed by atoms with Gasteiger partial charge >= 0.3 is 0 Å². The van der Waals surface area contributed by atoms with Crippen LogP contribution in [-0.4, -0.2) is 48.0 Å². The Labute approximate surface area is 172 Å². The van der Waals surface area contributed by atoms with Crippen LogP contribution in [0.2, 0.25) is 0 Å². The quantitative estimate of drug-likeness (QED) is 0.736. The van der Waals surface area contributed by atoms with Gasteiger partial charge in [0, 0.05) is 42.2 Å². The van der Waals surface area contributed by atoms with Crippen molar-refractivity contribution in [1.82, 2.24) is 9.47 Å². The minimum Gasteiger partial charge on any atom is -0.350 e. The van der Waals surface area contributed by atoms with Crippen LogP contribution in [0.4, 0.5) is 0 Å². The Morgan fingerprint density at radius 2 is 1.69 bits per heavy atom. The Morgan fingerprint density at radius 1 is 1.03 bits per heavy atom. The zero-order chi connectivity index (χ0) is 20.4. The summed E-state index contributed by atoms with van der Waals surface area (Å²) < 4.78 is 13.5. The van der Waals surface area contributed by atoms with E-state index in [9.17, 15) is 4.79 Å².